The van der Waals surface area contributed by atoms with Crippen molar-refractivity contribution >= 4 is 6.03 Å². The van der Waals surface area contributed by atoms with Gasteiger partial charge in [0.2, 0.25) is 0 Å². The topological polar surface area (TPSA) is 52.6 Å². The third-order valence-electron chi connectivity index (χ3n) is 3.51. The third-order valence-corrected chi connectivity index (χ3v) is 3.51. The largest absolute Gasteiger partial charge is 0.396 e. The van der Waals surface area contributed by atoms with Gasteiger partial charge < -0.3 is 15.3 Å². The number of aliphatic hydroxyl groups is 1. The van der Waals surface area contributed by atoms with E-state index < -0.39 is 0 Å². The molecule has 4 nitrogen and oxygen atoms in total. The Balaban J connectivity index is 1.76. The van der Waals surface area contributed by atoms with E-state index in [1.807, 2.05) is 4.90 Å². The molecule has 0 aromatic rings. The Bertz CT molecular complexity index is 227. The minimum atomic E-state index is 0.0675. The number of rotatable bonds is 2. The standard InChI is InChI=1S/C11H20N2O2/c14-8-9-5-6-13(7-9)11(15)12-10-3-1-2-4-10/h9-10,14H,1-8H2,(H,12,15). The molecule has 2 aliphatic rings. The minimum Gasteiger partial charge on any atom is -0.396 e. The maximum atomic E-state index is 11.8. The molecule has 1 unspecified atom stereocenters. The summed E-state index contributed by atoms with van der Waals surface area (Å²) in [5.41, 5.74) is 0. The van der Waals surface area contributed by atoms with Crippen LogP contribution in [-0.2, 0) is 0 Å². The van der Waals surface area contributed by atoms with Crippen LogP contribution in [0.15, 0.2) is 0 Å². The van der Waals surface area contributed by atoms with Crippen molar-refractivity contribution in [2.24, 2.45) is 5.92 Å². The Morgan fingerprint density at radius 3 is 2.67 bits per heavy atom. The predicted octanol–water partition coefficient (Wildman–Crippen LogP) is 0.953. The van der Waals surface area contributed by atoms with E-state index in [0.717, 1.165) is 32.4 Å². The van der Waals surface area contributed by atoms with E-state index in [9.17, 15) is 4.79 Å². The van der Waals surface area contributed by atoms with Gasteiger partial charge in [-0.25, -0.2) is 4.79 Å². The van der Waals surface area contributed by atoms with Crippen LogP contribution in [-0.4, -0.2) is 41.8 Å². The van der Waals surface area contributed by atoms with Crippen LogP contribution in [0, 0.1) is 5.92 Å². The number of hydrogen-bond acceptors (Lipinski definition) is 2. The molecule has 2 fully saturated rings. The van der Waals surface area contributed by atoms with E-state index in [1.54, 1.807) is 0 Å². The van der Waals surface area contributed by atoms with Crippen molar-refractivity contribution in [3.8, 4) is 0 Å². The summed E-state index contributed by atoms with van der Waals surface area (Å²) in [5.74, 6) is 0.291. The van der Waals surface area contributed by atoms with E-state index in [4.69, 9.17) is 5.11 Å². The molecule has 1 aliphatic carbocycles. The highest BCUT2D eigenvalue weighted by atomic mass is 16.3. The second-order valence-corrected chi connectivity index (χ2v) is 4.71. The summed E-state index contributed by atoms with van der Waals surface area (Å²) >= 11 is 0. The lowest BCUT2D eigenvalue weighted by Crippen LogP contribution is -2.43. The Hall–Kier alpha value is -0.770. The van der Waals surface area contributed by atoms with Crippen LogP contribution in [0.5, 0.6) is 0 Å². The zero-order valence-electron chi connectivity index (χ0n) is 9.11. The number of carbonyl (C=O) groups excluding carboxylic acids is 1. The summed E-state index contributed by atoms with van der Waals surface area (Å²) in [4.78, 5) is 13.6. The Labute approximate surface area is 90.6 Å². The molecule has 2 rings (SSSR count). The molecule has 86 valence electrons. The fraction of sp³-hybridized carbons (Fsp3) is 0.909. The maximum Gasteiger partial charge on any atom is 0.317 e. The van der Waals surface area contributed by atoms with Gasteiger partial charge in [0.1, 0.15) is 0 Å². The molecule has 2 N–H and O–H groups in total. The molecule has 1 aliphatic heterocycles. The van der Waals surface area contributed by atoms with Crippen LogP contribution in [0.4, 0.5) is 4.79 Å². The molecular weight excluding hydrogens is 192 g/mol. The average Bonchev–Trinajstić information content (AvgIpc) is 2.86. The molecule has 1 heterocycles. The fourth-order valence-electron chi connectivity index (χ4n) is 2.50. The van der Waals surface area contributed by atoms with Crippen LogP contribution in [0.2, 0.25) is 0 Å². The smallest absolute Gasteiger partial charge is 0.317 e. The number of amides is 2. The monoisotopic (exact) mass is 212 g/mol. The van der Waals surface area contributed by atoms with Gasteiger partial charge >= 0.3 is 6.03 Å². The summed E-state index contributed by atoms with van der Waals surface area (Å²) in [5, 5.41) is 12.1. The maximum absolute atomic E-state index is 11.8. The first-order valence-corrected chi connectivity index (χ1v) is 5.96. The van der Waals surface area contributed by atoms with E-state index in [2.05, 4.69) is 5.32 Å². The van der Waals surface area contributed by atoms with Crippen LogP contribution in [0.1, 0.15) is 32.1 Å². The van der Waals surface area contributed by atoms with E-state index >= 15 is 0 Å². The fourth-order valence-corrected chi connectivity index (χ4v) is 2.50. The Morgan fingerprint density at radius 1 is 1.33 bits per heavy atom. The number of urea groups is 1. The summed E-state index contributed by atoms with van der Waals surface area (Å²) in [6, 6.07) is 0.462. The first-order valence-electron chi connectivity index (χ1n) is 5.96. The molecule has 0 aromatic carbocycles. The lowest BCUT2D eigenvalue weighted by Gasteiger charge is -2.20. The molecule has 2 amide bonds. The van der Waals surface area contributed by atoms with Gasteiger partial charge in [0.15, 0.2) is 0 Å². The zero-order chi connectivity index (χ0) is 10.7. The van der Waals surface area contributed by atoms with Crippen LogP contribution < -0.4 is 5.32 Å². The second-order valence-electron chi connectivity index (χ2n) is 4.71. The van der Waals surface area contributed by atoms with E-state index in [1.165, 1.54) is 12.8 Å². The molecule has 15 heavy (non-hydrogen) atoms. The number of carbonyl (C=O) groups is 1. The molecule has 1 atom stereocenters. The van der Waals surface area contributed by atoms with Crippen LogP contribution in [0.3, 0.4) is 0 Å². The molecule has 0 radical (unpaired) electrons. The highest BCUT2D eigenvalue weighted by molar-refractivity contribution is 5.74. The lowest BCUT2D eigenvalue weighted by molar-refractivity contribution is 0.195. The number of nitrogens with zero attached hydrogens (tertiary/aromatic N) is 1. The van der Waals surface area contributed by atoms with Gasteiger partial charge in [0.25, 0.3) is 0 Å². The molecule has 1 saturated heterocycles. The van der Waals surface area contributed by atoms with Gasteiger partial charge in [-0.15, -0.1) is 0 Å². The number of nitrogens with one attached hydrogen (secondary N) is 1. The Kier molecular flexibility index (Phi) is 3.46. The Morgan fingerprint density at radius 2 is 2.07 bits per heavy atom. The van der Waals surface area contributed by atoms with Crippen molar-refractivity contribution in [3.05, 3.63) is 0 Å². The molecule has 0 bridgehead atoms. The molecular formula is C11H20N2O2. The molecule has 0 aromatic heterocycles. The van der Waals surface area contributed by atoms with Crippen molar-refractivity contribution in [2.75, 3.05) is 19.7 Å². The molecule has 1 saturated carbocycles. The highest BCUT2D eigenvalue weighted by Crippen LogP contribution is 2.19. The van der Waals surface area contributed by atoms with Crippen molar-refractivity contribution in [3.63, 3.8) is 0 Å². The summed E-state index contributed by atoms with van der Waals surface area (Å²) in [6.07, 6.45) is 5.68. The molecule has 4 heteroatoms. The van der Waals surface area contributed by atoms with E-state index in [0.29, 0.717) is 12.0 Å². The summed E-state index contributed by atoms with van der Waals surface area (Å²) in [6.45, 7) is 1.71. The van der Waals surface area contributed by atoms with Crippen LogP contribution in [0.25, 0.3) is 0 Å². The van der Waals surface area contributed by atoms with Gasteiger partial charge in [-0.3, -0.25) is 0 Å². The number of likely N-dealkylation sites (tertiary alicyclic amines) is 1. The average molecular weight is 212 g/mol. The highest BCUT2D eigenvalue weighted by Gasteiger charge is 2.27. The van der Waals surface area contributed by atoms with Gasteiger partial charge in [-0.05, 0) is 19.3 Å². The zero-order valence-corrected chi connectivity index (χ0v) is 9.11. The first kappa shape index (κ1) is 10.7. The first-order chi connectivity index (χ1) is 7.29. The third kappa shape index (κ3) is 2.62. The molecule has 0 spiro atoms. The van der Waals surface area contributed by atoms with Gasteiger partial charge in [0.05, 0.1) is 0 Å². The van der Waals surface area contributed by atoms with Gasteiger partial charge in [-0.1, -0.05) is 12.8 Å². The number of aliphatic hydroxyl groups excluding tert-OH is 1. The SMILES string of the molecule is O=C(NC1CCCC1)N1CCC(CO)C1. The van der Waals surface area contributed by atoms with Crippen molar-refractivity contribution in [1.82, 2.24) is 10.2 Å². The summed E-state index contributed by atoms with van der Waals surface area (Å²) in [7, 11) is 0. The van der Waals surface area contributed by atoms with Crippen molar-refractivity contribution < 1.29 is 9.90 Å². The van der Waals surface area contributed by atoms with E-state index in [-0.39, 0.29) is 12.6 Å². The van der Waals surface area contributed by atoms with Crippen molar-refractivity contribution in [2.45, 2.75) is 38.1 Å². The van der Waals surface area contributed by atoms with Gasteiger partial charge in [0, 0.05) is 31.7 Å². The van der Waals surface area contributed by atoms with Gasteiger partial charge in [-0.2, -0.15) is 0 Å². The number of hydrogen-bond donors (Lipinski definition) is 2. The minimum absolute atomic E-state index is 0.0675. The summed E-state index contributed by atoms with van der Waals surface area (Å²) < 4.78 is 0. The quantitative estimate of drug-likeness (QED) is 0.716. The predicted molar refractivity (Wildman–Crippen MR) is 57.6 cm³/mol. The second kappa shape index (κ2) is 4.84. The van der Waals surface area contributed by atoms with Crippen LogP contribution >= 0.6 is 0 Å². The lowest BCUT2D eigenvalue weighted by atomic mass is 10.1. The normalized spacial score (nSPS) is 27.3. The van der Waals surface area contributed by atoms with Crippen molar-refractivity contribution in [1.29, 1.82) is 0 Å².